The highest BCUT2D eigenvalue weighted by atomic mass is 16.2. The van der Waals surface area contributed by atoms with Crippen LogP contribution in [0.4, 0.5) is 4.79 Å². The molecule has 0 aromatic rings. The lowest BCUT2D eigenvalue weighted by Gasteiger charge is -2.16. The molecule has 72 valence electrons. The molecule has 0 bridgehead atoms. The summed E-state index contributed by atoms with van der Waals surface area (Å²) in [7, 11) is 0. The first-order chi connectivity index (χ1) is 6.27. The lowest BCUT2D eigenvalue weighted by atomic mass is 10.1. The molecular weight excluding hydrogens is 170 g/mol. The Kier molecular flexibility index (Phi) is 2.18. The van der Waals surface area contributed by atoms with Crippen LogP contribution >= 0.6 is 0 Å². The number of rotatable bonds is 2. The Hall–Kier alpha value is -1.10. The molecule has 13 heavy (non-hydrogen) atoms. The van der Waals surface area contributed by atoms with Crippen molar-refractivity contribution in [2.75, 3.05) is 26.2 Å². The molecule has 0 aromatic carbocycles. The van der Waals surface area contributed by atoms with E-state index in [9.17, 15) is 9.59 Å². The standard InChI is InChI=1S/C8H13N3O2/c12-7-4-10-8(13)11(7)5-6-1-2-9-3-6/h6,9H,1-5H2,(H,10,13). The zero-order chi connectivity index (χ0) is 9.26. The largest absolute Gasteiger partial charge is 0.329 e. The number of imide groups is 1. The van der Waals surface area contributed by atoms with Crippen molar-refractivity contribution in [3.8, 4) is 0 Å². The van der Waals surface area contributed by atoms with Gasteiger partial charge >= 0.3 is 6.03 Å². The van der Waals surface area contributed by atoms with Gasteiger partial charge in [0.1, 0.15) is 0 Å². The van der Waals surface area contributed by atoms with E-state index in [1.54, 1.807) is 0 Å². The van der Waals surface area contributed by atoms with Gasteiger partial charge in [0.15, 0.2) is 0 Å². The number of hydrogen-bond donors (Lipinski definition) is 2. The van der Waals surface area contributed by atoms with E-state index in [0.717, 1.165) is 19.5 Å². The van der Waals surface area contributed by atoms with E-state index < -0.39 is 0 Å². The number of urea groups is 1. The highest BCUT2D eigenvalue weighted by Crippen LogP contribution is 2.11. The summed E-state index contributed by atoms with van der Waals surface area (Å²) in [4.78, 5) is 23.7. The van der Waals surface area contributed by atoms with Crippen molar-refractivity contribution < 1.29 is 9.59 Å². The van der Waals surface area contributed by atoms with Crippen molar-refractivity contribution >= 4 is 11.9 Å². The van der Waals surface area contributed by atoms with Crippen molar-refractivity contribution in [2.45, 2.75) is 6.42 Å². The fourth-order valence-corrected chi connectivity index (χ4v) is 1.77. The molecule has 0 spiro atoms. The van der Waals surface area contributed by atoms with Gasteiger partial charge in [-0.25, -0.2) is 4.79 Å². The molecule has 5 nitrogen and oxygen atoms in total. The van der Waals surface area contributed by atoms with Crippen LogP contribution in [0.5, 0.6) is 0 Å². The van der Waals surface area contributed by atoms with Crippen molar-refractivity contribution in [3.05, 3.63) is 0 Å². The normalized spacial score (nSPS) is 28.3. The molecule has 2 rings (SSSR count). The molecule has 5 heteroatoms. The molecule has 2 heterocycles. The van der Waals surface area contributed by atoms with Gasteiger partial charge < -0.3 is 10.6 Å². The molecule has 0 radical (unpaired) electrons. The fraction of sp³-hybridized carbons (Fsp3) is 0.750. The van der Waals surface area contributed by atoms with Gasteiger partial charge in [0.25, 0.3) is 0 Å². The quantitative estimate of drug-likeness (QED) is 0.548. The first-order valence-electron chi connectivity index (χ1n) is 4.56. The highest BCUT2D eigenvalue weighted by molar-refractivity contribution is 6.01. The monoisotopic (exact) mass is 183 g/mol. The van der Waals surface area contributed by atoms with Gasteiger partial charge in [-0.05, 0) is 25.4 Å². The van der Waals surface area contributed by atoms with Crippen molar-refractivity contribution in [2.24, 2.45) is 5.92 Å². The average molecular weight is 183 g/mol. The SMILES string of the molecule is O=C1CNC(=O)N1CC1CCNC1. The molecule has 2 aliphatic heterocycles. The Morgan fingerprint density at radius 3 is 2.85 bits per heavy atom. The second kappa shape index (κ2) is 3.33. The average Bonchev–Trinajstić information content (AvgIpc) is 2.70. The molecular formula is C8H13N3O2. The number of nitrogens with zero attached hydrogens (tertiary/aromatic N) is 1. The fourth-order valence-electron chi connectivity index (χ4n) is 1.77. The van der Waals surface area contributed by atoms with E-state index >= 15 is 0 Å². The zero-order valence-electron chi connectivity index (χ0n) is 7.38. The molecule has 2 N–H and O–H groups in total. The molecule has 2 saturated heterocycles. The van der Waals surface area contributed by atoms with Gasteiger partial charge in [-0.15, -0.1) is 0 Å². The Bertz CT molecular complexity index is 220. The Labute approximate surface area is 76.5 Å². The Balaban J connectivity index is 1.92. The number of nitrogens with one attached hydrogen (secondary N) is 2. The molecule has 2 fully saturated rings. The molecule has 3 amide bonds. The van der Waals surface area contributed by atoms with Crippen molar-refractivity contribution in [1.29, 1.82) is 0 Å². The van der Waals surface area contributed by atoms with E-state index in [2.05, 4.69) is 10.6 Å². The van der Waals surface area contributed by atoms with E-state index in [4.69, 9.17) is 0 Å². The van der Waals surface area contributed by atoms with Gasteiger partial charge in [-0.2, -0.15) is 0 Å². The third kappa shape index (κ3) is 1.65. The van der Waals surface area contributed by atoms with Gasteiger partial charge in [0, 0.05) is 6.54 Å². The van der Waals surface area contributed by atoms with Gasteiger partial charge in [-0.1, -0.05) is 0 Å². The summed E-state index contributed by atoms with van der Waals surface area (Å²) in [6.45, 7) is 2.64. The van der Waals surface area contributed by atoms with E-state index in [1.165, 1.54) is 4.90 Å². The summed E-state index contributed by atoms with van der Waals surface area (Å²) in [5.74, 6) is 0.338. The lowest BCUT2D eigenvalue weighted by molar-refractivity contribution is -0.125. The molecule has 0 aliphatic carbocycles. The summed E-state index contributed by atoms with van der Waals surface area (Å²) in [5.41, 5.74) is 0. The molecule has 0 aromatic heterocycles. The second-order valence-electron chi connectivity index (χ2n) is 3.52. The number of carbonyl (C=O) groups is 2. The van der Waals surface area contributed by atoms with Crippen molar-refractivity contribution in [1.82, 2.24) is 15.5 Å². The lowest BCUT2D eigenvalue weighted by Crippen LogP contribution is -2.36. The molecule has 2 aliphatic rings. The van der Waals surface area contributed by atoms with Crippen LogP contribution in [0.3, 0.4) is 0 Å². The zero-order valence-corrected chi connectivity index (χ0v) is 7.38. The van der Waals surface area contributed by atoms with Crippen LogP contribution in [-0.2, 0) is 4.79 Å². The molecule has 0 saturated carbocycles. The maximum Gasteiger partial charge on any atom is 0.324 e. The number of hydrogen-bond acceptors (Lipinski definition) is 3. The summed E-state index contributed by atoms with van der Waals surface area (Å²) in [6, 6.07) is -0.239. The summed E-state index contributed by atoms with van der Waals surface area (Å²) in [5, 5.41) is 5.72. The van der Waals surface area contributed by atoms with Crippen LogP contribution < -0.4 is 10.6 Å². The maximum atomic E-state index is 11.2. The summed E-state index contributed by atoms with van der Waals surface area (Å²) in [6.07, 6.45) is 1.05. The third-order valence-corrected chi connectivity index (χ3v) is 2.54. The summed E-state index contributed by atoms with van der Waals surface area (Å²) < 4.78 is 0. The van der Waals surface area contributed by atoms with Gasteiger partial charge in [0.05, 0.1) is 6.54 Å². The predicted octanol–water partition coefficient (Wildman–Crippen LogP) is -0.852. The van der Waals surface area contributed by atoms with E-state index in [1.807, 2.05) is 0 Å². The smallest absolute Gasteiger partial charge is 0.324 e. The topological polar surface area (TPSA) is 61.4 Å². The van der Waals surface area contributed by atoms with Crippen LogP contribution in [0.15, 0.2) is 0 Å². The number of amides is 3. The summed E-state index contributed by atoms with van der Waals surface area (Å²) >= 11 is 0. The minimum absolute atomic E-state index is 0.100. The third-order valence-electron chi connectivity index (χ3n) is 2.54. The first kappa shape index (κ1) is 8.50. The molecule has 1 unspecified atom stereocenters. The van der Waals surface area contributed by atoms with Gasteiger partial charge in [-0.3, -0.25) is 9.69 Å². The van der Waals surface area contributed by atoms with Gasteiger partial charge in [0.2, 0.25) is 5.91 Å². The van der Waals surface area contributed by atoms with E-state index in [-0.39, 0.29) is 18.5 Å². The van der Waals surface area contributed by atoms with Crippen molar-refractivity contribution in [3.63, 3.8) is 0 Å². The second-order valence-corrected chi connectivity index (χ2v) is 3.52. The predicted molar refractivity (Wildman–Crippen MR) is 46.1 cm³/mol. The minimum atomic E-state index is -0.239. The minimum Gasteiger partial charge on any atom is -0.329 e. The van der Waals surface area contributed by atoms with Crippen LogP contribution in [0.2, 0.25) is 0 Å². The van der Waals surface area contributed by atoms with E-state index in [0.29, 0.717) is 12.5 Å². The Morgan fingerprint density at radius 1 is 1.46 bits per heavy atom. The Morgan fingerprint density at radius 2 is 2.31 bits per heavy atom. The molecule has 1 atom stereocenters. The first-order valence-corrected chi connectivity index (χ1v) is 4.56. The van der Waals surface area contributed by atoms with Crippen LogP contribution in [-0.4, -0.2) is 43.0 Å². The highest BCUT2D eigenvalue weighted by Gasteiger charge is 2.31. The number of carbonyl (C=O) groups excluding carboxylic acids is 2. The van der Waals surface area contributed by atoms with Crippen LogP contribution in [0.25, 0.3) is 0 Å². The van der Waals surface area contributed by atoms with Crippen LogP contribution in [0, 0.1) is 5.92 Å². The van der Waals surface area contributed by atoms with Crippen LogP contribution in [0.1, 0.15) is 6.42 Å². The maximum absolute atomic E-state index is 11.2.